The molecule has 158 valence electrons. The molecule has 0 spiro atoms. The SMILES string of the molecule is COc1cc(C)c(C)cc1S(=O)(=O)[C@H]1CS(=O)(=O)C[C@@H]1N1C[C@H](C)C[C@H](C)C1. The van der Waals surface area contributed by atoms with Gasteiger partial charge in [0.25, 0.3) is 0 Å². The molecule has 0 aliphatic carbocycles. The second-order valence-electron chi connectivity index (χ2n) is 8.71. The summed E-state index contributed by atoms with van der Waals surface area (Å²) >= 11 is 0. The zero-order valence-corrected chi connectivity index (χ0v) is 18.9. The van der Waals surface area contributed by atoms with Gasteiger partial charge in [0.05, 0.1) is 23.9 Å². The molecule has 2 fully saturated rings. The van der Waals surface area contributed by atoms with Gasteiger partial charge >= 0.3 is 0 Å². The predicted octanol–water partition coefficient (Wildman–Crippen LogP) is 2.23. The van der Waals surface area contributed by atoms with Gasteiger partial charge in [0, 0.05) is 19.1 Å². The van der Waals surface area contributed by atoms with Gasteiger partial charge in [-0.05, 0) is 55.4 Å². The number of hydrogen-bond donors (Lipinski definition) is 0. The summed E-state index contributed by atoms with van der Waals surface area (Å²) in [6, 6.07) is 2.82. The smallest absolute Gasteiger partial charge is 0.187 e. The second kappa shape index (κ2) is 7.61. The number of hydrogen-bond acceptors (Lipinski definition) is 6. The van der Waals surface area contributed by atoms with E-state index < -0.39 is 31.0 Å². The van der Waals surface area contributed by atoms with Crippen molar-refractivity contribution >= 4 is 19.7 Å². The number of likely N-dealkylation sites (tertiary alicyclic amines) is 1. The lowest BCUT2D eigenvalue weighted by Crippen LogP contribution is -2.51. The van der Waals surface area contributed by atoms with Crippen molar-refractivity contribution in [3.63, 3.8) is 0 Å². The van der Waals surface area contributed by atoms with Gasteiger partial charge in [-0.15, -0.1) is 0 Å². The lowest BCUT2D eigenvalue weighted by Gasteiger charge is -2.40. The molecule has 2 heterocycles. The second-order valence-corrected chi connectivity index (χ2v) is 13.0. The number of methoxy groups -OCH3 is 1. The first kappa shape index (κ1) is 21.6. The normalized spacial score (nSPS) is 31.0. The van der Waals surface area contributed by atoms with Crippen LogP contribution >= 0.6 is 0 Å². The molecule has 2 aliphatic heterocycles. The fourth-order valence-electron chi connectivity index (χ4n) is 4.72. The highest BCUT2D eigenvalue weighted by Crippen LogP contribution is 2.36. The Balaban J connectivity index is 2.05. The van der Waals surface area contributed by atoms with Crippen LogP contribution in [-0.4, -0.2) is 64.7 Å². The van der Waals surface area contributed by atoms with E-state index >= 15 is 0 Å². The first-order chi connectivity index (χ1) is 12.9. The van der Waals surface area contributed by atoms with Crippen LogP contribution in [0.3, 0.4) is 0 Å². The highest BCUT2D eigenvalue weighted by atomic mass is 32.2. The minimum absolute atomic E-state index is 0.0938. The highest BCUT2D eigenvalue weighted by molar-refractivity contribution is 7.96. The van der Waals surface area contributed by atoms with Crippen molar-refractivity contribution < 1.29 is 21.6 Å². The number of benzene rings is 1. The molecule has 3 rings (SSSR count). The van der Waals surface area contributed by atoms with E-state index in [1.165, 1.54) is 7.11 Å². The zero-order valence-electron chi connectivity index (χ0n) is 17.3. The van der Waals surface area contributed by atoms with Crippen LogP contribution in [-0.2, 0) is 19.7 Å². The third kappa shape index (κ3) is 4.09. The van der Waals surface area contributed by atoms with E-state index in [-0.39, 0.29) is 22.2 Å². The van der Waals surface area contributed by atoms with Crippen LogP contribution in [0.2, 0.25) is 0 Å². The van der Waals surface area contributed by atoms with Gasteiger partial charge < -0.3 is 4.74 Å². The Morgan fingerprint density at radius 3 is 2.18 bits per heavy atom. The van der Waals surface area contributed by atoms with E-state index in [4.69, 9.17) is 4.74 Å². The van der Waals surface area contributed by atoms with Gasteiger partial charge in [0.2, 0.25) is 0 Å². The molecular weight excluding hydrogens is 398 g/mol. The molecule has 2 saturated heterocycles. The summed E-state index contributed by atoms with van der Waals surface area (Å²) in [6.45, 7) is 9.50. The monoisotopic (exact) mass is 429 g/mol. The zero-order chi connectivity index (χ0) is 20.9. The van der Waals surface area contributed by atoms with Gasteiger partial charge in [-0.25, -0.2) is 16.8 Å². The molecule has 1 aromatic carbocycles. The molecule has 2 aliphatic rings. The Bertz CT molecular complexity index is 945. The molecule has 8 heteroatoms. The number of ether oxygens (including phenoxy) is 1. The van der Waals surface area contributed by atoms with E-state index in [9.17, 15) is 16.8 Å². The van der Waals surface area contributed by atoms with Crippen LogP contribution < -0.4 is 4.74 Å². The molecule has 1 aromatic rings. The number of nitrogens with zero attached hydrogens (tertiary/aromatic N) is 1. The average Bonchev–Trinajstić information content (AvgIpc) is 2.92. The van der Waals surface area contributed by atoms with Gasteiger partial charge in [-0.2, -0.15) is 0 Å². The number of rotatable bonds is 4. The summed E-state index contributed by atoms with van der Waals surface area (Å²) in [7, 11) is -5.85. The summed E-state index contributed by atoms with van der Waals surface area (Å²) in [5.74, 6) is 0.711. The fourth-order valence-corrected chi connectivity index (χ4v) is 9.78. The minimum atomic E-state index is -3.87. The molecule has 0 saturated carbocycles. The van der Waals surface area contributed by atoms with Crippen molar-refractivity contribution in [2.24, 2.45) is 11.8 Å². The molecule has 0 amide bonds. The third-order valence-corrected chi connectivity index (χ3v) is 10.3. The maximum Gasteiger partial charge on any atom is 0.187 e. The lowest BCUT2D eigenvalue weighted by atomic mass is 9.91. The van der Waals surface area contributed by atoms with Crippen molar-refractivity contribution in [3.05, 3.63) is 23.3 Å². The number of piperidine rings is 1. The summed E-state index contributed by atoms with van der Waals surface area (Å²) in [5.41, 5.74) is 1.78. The molecule has 0 unspecified atom stereocenters. The van der Waals surface area contributed by atoms with Crippen LogP contribution in [0, 0.1) is 25.7 Å². The maximum absolute atomic E-state index is 13.6. The summed E-state index contributed by atoms with van der Waals surface area (Å²) in [6.07, 6.45) is 1.08. The average molecular weight is 430 g/mol. The molecule has 6 nitrogen and oxygen atoms in total. The van der Waals surface area contributed by atoms with Gasteiger partial charge in [0.15, 0.2) is 19.7 Å². The van der Waals surface area contributed by atoms with Crippen molar-refractivity contribution in [3.8, 4) is 5.75 Å². The first-order valence-electron chi connectivity index (χ1n) is 9.78. The maximum atomic E-state index is 13.6. The topological polar surface area (TPSA) is 80.8 Å². The Hall–Kier alpha value is -1.12. The first-order valence-corrected chi connectivity index (χ1v) is 13.1. The summed E-state index contributed by atoms with van der Waals surface area (Å²) < 4.78 is 57.5. The van der Waals surface area contributed by atoms with Crippen molar-refractivity contribution in [1.82, 2.24) is 4.90 Å². The van der Waals surface area contributed by atoms with Crippen LogP contribution in [0.1, 0.15) is 31.4 Å². The van der Waals surface area contributed by atoms with Gasteiger partial charge in [-0.1, -0.05) is 13.8 Å². The van der Waals surface area contributed by atoms with E-state index in [2.05, 4.69) is 18.7 Å². The van der Waals surface area contributed by atoms with E-state index in [0.29, 0.717) is 11.8 Å². The van der Waals surface area contributed by atoms with Crippen LogP contribution in [0.15, 0.2) is 17.0 Å². The molecule has 0 radical (unpaired) electrons. The quantitative estimate of drug-likeness (QED) is 0.730. The fraction of sp³-hybridized carbons (Fsp3) is 0.700. The number of aryl methyl sites for hydroxylation is 2. The van der Waals surface area contributed by atoms with Crippen LogP contribution in [0.5, 0.6) is 5.75 Å². The Morgan fingerprint density at radius 2 is 1.61 bits per heavy atom. The molecular formula is C20H31NO5S2. The number of sulfone groups is 2. The Labute approximate surface area is 169 Å². The van der Waals surface area contributed by atoms with Crippen molar-refractivity contribution in [2.75, 3.05) is 31.7 Å². The predicted molar refractivity (Wildman–Crippen MR) is 110 cm³/mol. The molecule has 0 bridgehead atoms. The lowest BCUT2D eigenvalue weighted by molar-refractivity contribution is 0.107. The molecule has 4 atom stereocenters. The standard InChI is InChI=1S/C20H31NO5S2/c1-13-6-14(2)10-21(9-13)17-11-27(22,23)12-20(17)28(24,25)19-8-16(4)15(3)7-18(19)26-5/h7-8,13-14,17,20H,6,9-12H2,1-5H3/t13-,14+,17-,20-/m0/s1. The minimum Gasteiger partial charge on any atom is -0.495 e. The third-order valence-electron chi connectivity index (χ3n) is 6.12. The van der Waals surface area contributed by atoms with Crippen LogP contribution in [0.4, 0.5) is 0 Å². The Morgan fingerprint density at radius 1 is 1.04 bits per heavy atom. The van der Waals surface area contributed by atoms with E-state index in [1.807, 2.05) is 13.8 Å². The van der Waals surface area contributed by atoms with Crippen molar-refractivity contribution in [1.29, 1.82) is 0 Å². The summed E-state index contributed by atoms with van der Waals surface area (Å²) in [4.78, 5) is 2.20. The van der Waals surface area contributed by atoms with Gasteiger partial charge in [-0.3, -0.25) is 4.90 Å². The van der Waals surface area contributed by atoms with Gasteiger partial charge in [0.1, 0.15) is 10.6 Å². The summed E-state index contributed by atoms with van der Waals surface area (Å²) in [5, 5.41) is -0.967. The Kier molecular flexibility index (Phi) is 5.87. The molecule has 28 heavy (non-hydrogen) atoms. The largest absolute Gasteiger partial charge is 0.495 e. The van der Waals surface area contributed by atoms with E-state index in [0.717, 1.165) is 30.6 Å². The van der Waals surface area contributed by atoms with E-state index in [1.54, 1.807) is 12.1 Å². The highest BCUT2D eigenvalue weighted by Gasteiger charge is 2.49. The molecule has 0 aromatic heterocycles. The molecule has 0 N–H and O–H groups in total. The van der Waals surface area contributed by atoms with Crippen molar-refractivity contribution in [2.45, 2.75) is 50.3 Å². The van der Waals surface area contributed by atoms with Crippen LogP contribution in [0.25, 0.3) is 0 Å².